The highest BCUT2D eigenvalue weighted by atomic mass is 32.1. The number of nitrogens with zero attached hydrogens (tertiary/aromatic N) is 2. The zero-order valence-corrected chi connectivity index (χ0v) is 17.6. The first-order chi connectivity index (χ1) is 13.0. The van der Waals surface area contributed by atoms with Gasteiger partial charge in [0.2, 0.25) is 0 Å². The molecule has 1 saturated heterocycles. The second kappa shape index (κ2) is 9.09. The van der Waals surface area contributed by atoms with Crippen LogP contribution in [0, 0.1) is 0 Å². The van der Waals surface area contributed by atoms with Crippen molar-refractivity contribution in [3.63, 3.8) is 0 Å². The molecule has 1 N–H and O–H groups in total. The van der Waals surface area contributed by atoms with E-state index in [0.717, 1.165) is 55.8 Å². The molecule has 27 heavy (non-hydrogen) atoms. The summed E-state index contributed by atoms with van der Waals surface area (Å²) in [6, 6.07) is 10.6. The second-order valence-electron chi connectivity index (χ2n) is 8.12. The first-order valence-electron chi connectivity index (χ1n) is 9.98. The molecule has 5 heteroatoms. The number of hydrogen-bond donors (Lipinski definition) is 1. The molecule has 148 valence electrons. The van der Waals surface area contributed by atoms with Crippen LogP contribution in [0.25, 0.3) is 0 Å². The molecule has 1 aromatic heterocycles. The van der Waals surface area contributed by atoms with Crippen molar-refractivity contribution in [2.75, 3.05) is 38.1 Å². The molecule has 0 amide bonds. The van der Waals surface area contributed by atoms with Crippen LogP contribution in [0.1, 0.15) is 32.3 Å². The standard InChI is InChI=1S/C22H33N2O2S/c1-18(2)26-22-6-4-20(5-7-22)23(3)11-14-24(12-8-21(25)9-13-24)16-19-10-15-27-17-19/h4-7,10,15,17-18,21,25H,8-9,11-14,16H2,1-3H3/q+1. The minimum atomic E-state index is -0.120. The van der Waals surface area contributed by atoms with Crippen LogP contribution >= 0.6 is 11.3 Å². The van der Waals surface area contributed by atoms with Crippen molar-refractivity contribution < 1.29 is 14.3 Å². The van der Waals surface area contributed by atoms with E-state index in [9.17, 15) is 5.11 Å². The van der Waals surface area contributed by atoms with E-state index in [1.165, 1.54) is 11.3 Å². The van der Waals surface area contributed by atoms with Crippen molar-refractivity contribution in [2.24, 2.45) is 0 Å². The number of likely N-dealkylation sites (tertiary alicyclic amines) is 1. The van der Waals surface area contributed by atoms with Crippen LogP contribution in [0.3, 0.4) is 0 Å². The van der Waals surface area contributed by atoms with Crippen LogP contribution in [0.15, 0.2) is 41.1 Å². The molecule has 2 heterocycles. The van der Waals surface area contributed by atoms with Gasteiger partial charge in [0.15, 0.2) is 0 Å². The van der Waals surface area contributed by atoms with Crippen molar-refractivity contribution in [1.82, 2.24) is 0 Å². The molecule has 0 spiro atoms. The predicted molar refractivity (Wildman–Crippen MR) is 114 cm³/mol. The Balaban J connectivity index is 1.62. The number of aliphatic hydroxyl groups is 1. The summed E-state index contributed by atoms with van der Waals surface area (Å²) in [5.74, 6) is 0.924. The lowest BCUT2D eigenvalue weighted by atomic mass is 10.0. The molecule has 1 fully saturated rings. The van der Waals surface area contributed by atoms with Gasteiger partial charge < -0.3 is 19.2 Å². The Bertz CT molecular complexity index is 677. The Morgan fingerprint density at radius 3 is 2.48 bits per heavy atom. The minimum absolute atomic E-state index is 0.120. The average Bonchev–Trinajstić information content (AvgIpc) is 3.15. The second-order valence-corrected chi connectivity index (χ2v) is 8.90. The largest absolute Gasteiger partial charge is 0.491 e. The number of quaternary nitrogens is 1. The molecule has 0 saturated carbocycles. The van der Waals surface area contributed by atoms with Crippen LogP contribution in [-0.4, -0.2) is 55.0 Å². The van der Waals surface area contributed by atoms with Crippen LogP contribution in [-0.2, 0) is 6.54 Å². The van der Waals surface area contributed by atoms with E-state index in [1.54, 1.807) is 11.3 Å². The normalized spacial score (nSPS) is 22.8. The summed E-state index contributed by atoms with van der Waals surface area (Å²) >= 11 is 1.77. The van der Waals surface area contributed by atoms with Crippen molar-refractivity contribution in [1.29, 1.82) is 0 Å². The quantitative estimate of drug-likeness (QED) is 0.689. The Hall–Kier alpha value is -1.56. The van der Waals surface area contributed by atoms with E-state index in [0.29, 0.717) is 0 Å². The lowest BCUT2D eigenvalue weighted by Gasteiger charge is -2.43. The van der Waals surface area contributed by atoms with E-state index >= 15 is 0 Å². The summed E-state index contributed by atoms with van der Waals surface area (Å²) < 4.78 is 6.82. The fraction of sp³-hybridized carbons (Fsp3) is 0.545. The zero-order chi connectivity index (χ0) is 19.3. The first kappa shape index (κ1) is 20.2. The lowest BCUT2D eigenvalue weighted by Crippen LogP contribution is -2.55. The molecule has 0 bridgehead atoms. The maximum absolute atomic E-state index is 9.98. The van der Waals surface area contributed by atoms with Crippen LogP contribution in [0.5, 0.6) is 5.75 Å². The molecular formula is C22H33N2O2S+. The van der Waals surface area contributed by atoms with Gasteiger partial charge in [-0.05, 0) is 54.9 Å². The van der Waals surface area contributed by atoms with Crippen molar-refractivity contribution >= 4 is 17.0 Å². The van der Waals surface area contributed by atoms with Gasteiger partial charge in [0.05, 0.1) is 38.4 Å². The number of hydrogen-bond acceptors (Lipinski definition) is 4. The maximum atomic E-state index is 9.98. The van der Waals surface area contributed by atoms with E-state index in [1.807, 2.05) is 13.8 Å². The van der Waals surface area contributed by atoms with Crippen molar-refractivity contribution in [2.45, 2.75) is 45.4 Å². The number of aliphatic hydroxyl groups excluding tert-OH is 1. The third kappa shape index (κ3) is 5.71. The summed E-state index contributed by atoms with van der Waals surface area (Å²) in [5.41, 5.74) is 2.64. The number of rotatable bonds is 8. The fourth-order valence-electron chi connectivity index (χ4n) is 3.88. The van der Waals surface area contributed by atoms with E-state index in [-0.39, 0.29) is 12.2 Å². The van der Waals surface area contributed by atoms with Gasteiger partial charge in [0.25, 0.3) is 0 Å². The van der Waals surface area contributed by atoms with Crippen LogP contribution < -0.4 is 9.64 Å². The van der Waals surface area contributed by atoms with E-state index in [2.05, 4.69) is 53.0 Å². The molecule has 0 unspecified atom stereocenters. The Morgan fingerprint density at radius 1 is 1.19 bits per heavy atom. The van der Waals surface area contributed by atoms with Gasteiger partial charge >= 0.3 is 0 Å². The molecule has 1 aliphatic heterocycles. The summed E-state index contributed by atoms with van der Waals surface area (Å²) in [4.78, 5) is 2.33. The van der Waals surface area contributed by atoms with Gasteiger partial charge in [-0.1, -0.05) is 0 Å². The van der Waals surface area contributed by atoms with Gasteiger partial charge in [0.1, 0.15) is 12.3 Å². The summed E-state index contributed by atoms with van der Waals surface area (Å²) in [6.07, 6.45) is 1.90. The summed E-state index contributed by atoms with van der Waals surface area (Å²) in [6.45, 7) is 9.40. The maximum Gasteiger partial charge on any atom is 0.119 e. The highest BCUT2D eigenvalue weighted by Gasteiger charge is 2.33. The summed E-state index contributed by atoms with van der Waals surface area (Å²) in [5, 5.41) is 14.4. The number of thiophene rings is 1. The van der Waals surface area contributed by atoms with E-state index in [4.69, 9.17) is 4.74 Å². The molecule has 4 nitrogen and oxygen atoms in total. The Kier molecular flexibility index (Phi) is 6.79. The van der Waals surface area contributed by atoms with Gasteiger partial charge in [-0.3, -0.25) is 0 Å². The number of anilines is 1. The van der Waals surface area contributed by atoms with Gasteiger partial charge in [-0.25, -0.2) is 0 Å². The van der Waals surface area contributed by atoms with Crippen molar-refractivity contribution in [3.05, 3.63) is 46.7 Å². The molecule has 0 atom stereocenters. The number of ether oxygens (including phenoxy) is 1. The first-order valence-corrected chi connectivity index (χ1v) is 10.9. The third-order valence-corrected chi connectivity index (χ3v) is 6.26. The third-order valence-electron chi connectivity index (χ3n) is 5.53. The highest BCUT2D eigenvalue weighted by molar-refractivity contribution is 7.07. The average molecular weight is 390 g/mol. The highest BCUT2D eigenvalue weighted by Crippen LogP contribution is 2.25. The number of piperidine rings is 1. The van der Waals surface area contributed by atoms with Crippen LogP contribution in [0.4, 0.5) is 5.69 Å². The monoisotopic (exact) mass is 389 g/mol. The fourth-order valence-corrected chi connectivity index (χ4v) is 4.54. The molecular weight excluding hydrogens is 356 g/mol. The molecule has 0 aliphatic carbocycles. The SMILES string of the molecule is CC(C)Oc1ccc(N(C)CC[N+]2(Cc3ccsc3)CCC(O)CC2)cc1. The van der Waals surface area contributed by atoms with Gasteiger partial charge in [-0.15, -0.1) is 0 Å². The smallest absolute Gasteiger partial charge is 0.119 e. The Morgan fingerprint density at radius 2 is 1.89 bits per heavy atom. The zero-order valence-electron chi connectivity index (χ0n) is 16.8. The minimum Gasteiger partial charge on any atom is -0.491 e. The Labute approximate surface area is 167 Å². The topological polar surface area (TPSA) is 32.7 Å². The van der Waals surface area contributed by atoms with Crippen LogP contribution in [0.2, 0.25) is 0 Å². The molecule has 2 aromatic rings. The molecule has 0 radical (unpaired) electrons. The number of likely N-dealkylation sites (N-methyl/N-ethyl adjacent to an activating group) is 1. The molecule has 1 aromatic carbocycles. The number of benzene rings is 1. The molecule has 3 rings (SSSR count). The lowest BCUT2D eigenvalue weighted by molar-refractivity contribution is -0.944. The summed E-state index contributed by atoms with van der Waals surface area (Å²) in [7, 11) is 2.16. The van der Waals surface area contributed by atoms with E-state index < -0.39 is 0 Å². The van der Waals surface area contributed by atoms with Gasteiger partial charge in [-0.2, -0.15) is 11.3 Å². The van der Waals surface area contributed by atoms with Crippen molar-refractivity contribution in [3.8, 4) is 5.75 Å². The van der Waals surface area contributed by atoms with Gasteiger partial charge in [0, 0.05) is 31.1 Å². The predicted octanol–water partition coefficient (Wildman–Crippen LogP) is 4.14. The molecule has 1 aliphatic rings.